The molecule has 2 aromatic heterocycles. The van der Waals surface area contributed by atoms with Crippen LogP contribution in [0.1, 0.15) is 28.5 Å². The van der Waals surface area contributed by atoms with Gasteiger partial charge in [-0.2, -0.15) is 5.10 Å². The van der Waals surface area contributed by atoms with Crippen molar-refractivity contribution in [3.05, 3.63) is 88.1 Å². The lowest BCUT2D eigenvalue weighted by Crippen LogP contribution is -2.26. The molecule has 0 radical (unpaired) electrons. The zero-order valence-corrected chi connectivity index (χ0v) is 17.2. The Balaban J connectivity index is 1.57. The van der Waals surface area contributed by atoms with Crippen LogP contribution in [-0.2, 0) is 13.1 Å². The summed E-state index contributed by atoms with van der Waals surface area (Å²) in [5.74, 6) is -0.113. The molecule has 0 fully saturated rings. The van der Waals surface area contributed by atoms with Crippen molar-refractivity contribution < 1.29 is 4.79 Å². The molecular weight excluding hydrogens is 378 g/mol. The first kappa shape index (κ1) is 19.6. The molecule has 0 saturated heterocycles. The third kappa shape index (κ3) is 3.61. The minimum atomic E-state index is -0.113. The fourth-order valence-corrected chi connectivity index (χ4v) is 3.55. The second-order valence-electron chi connectivity index (χ2n) is 7.24. The first-order valence-electron chi connectivity index (χ1n) is 9.83. The number of carbonyl (C=O) groups excluding carboxylic acids is 1. The van der Waals surface area contributed by atoms with Gasteiger partial charge in [-0.05, 0) is 44.2 Å². The molecule has 30 heavy (non-hydrogen) atoms. The number of fused-ring (bicyclic) bond motifs is 1. The minimum Gasteiger partial charge on any atom is -0.337 e. The van der Waals surface area contributed by atoms with Crippen molar-refractivity contribution >= 4 is 16.9 Å². The van der Waals surface area contributed by atoms with Gasteiger partial charge >= 0.3 is 0 Å². The van der Waals surface area contributed by atoms with E-state index in [2.05, 4.69) is 10.1 Å². The quantitative estimate of drug-likeness (QED) is 0.515. The van der Waals surface area contributed by atoms with Crippen molar-refractivity contribution in [2.24, 2.45) is 0 Å². The molecule has 0 saturated carbocycles. The summed E-state index contributed by atoms with van der Waals surface area (Å²) in [5, 5.41) is 4.39. The molecule has 2 aromatic carbocycles. The maximum Gasteiger partial charge on any atom is 0.272 e. The number of amides is 1. The van der Waals surface area contributed by atoms with Gasteiger partial charge in [-0.3, -0.25) is 9.59 Å². The van der Waals surface area contributed by atoms with Crippen LogP contribution < -0.4 is 5.56 Å². The van der Waals surface area contributed by atoms with Gasteiger partial charge < -0.3 is 9.47 Å². The summed E-state index contributed by atoms with van der Waals surface area (Å²) in [4.78, 5) is 31.3. The molecule has 4 rings (SSSR count). The molecule has 0 bridgehead atoms. The van der Waals surface area contributed by atoms with Gasteiger partial charge in [-0.15, -0.1) is 0 Å². The number of nitrogens with zero attached hydrogens (tertiary/aromatic N) is 5. The van der Waals surface area contributed by atoms with E-state index in [9.17, 15) is 9.59 Å². The summed E-state index contributed by atoms with van der Waals surface area (Å²) in [6.45, 7) is 4.60. The van der Waals surface area contributed by atoms with Gasteiger partial charge in [0.1, 0.15) is 5.69 Å². The summed E-state index contributed by atoms with van der Waals surface area (Å²) in [5.41, 5.74) is 4.14. The summed E-state index contributed by atoms with van der Waals surface area (Å²) < 4.78 is 3.47. The van der Waals surface area contributed by atoms with Crippen molar-refractivity contribution in [3.63, 3.8) is 0 Å². The number of carbonyl (C=O) groups is 1. The molecule has 0 unspecified atom stereocenters. The summed E-state index contributed by atoms with van der Waals surface area (Å²) in [6, 6.07) is 15.1. The first-order chi connectivity index (χ1) is 14.5. The summed E-state index contributed by atoms with van der Waals surface area (Å²) in [7, 11) is 1.76. The highest BCUT2D eigenvalue weighted by atomic mass is 16.2. The molecule has 0 spiro atoms. The zero-order valence-electron chi connectivity index (χ0n) is 17.2. The third-order valence-corrected chi connectivity index (χ3v) is 5.10. The van der Waals surface area contributed by atoms with E-state index in [1.54, 1.807) is 52.5 Å². The molecule has 1 amide bonds. The van der Waals surface area contributed by atoms with Crippen molar-refractivity contribution in [2.75, 3.05) is 7.05 Å². The van der Waals surface area contributed by atoms with E-state index >= 15 is 0 Å². The van der Waals surface area contributed by atoms with Crippen LogP contribution in [0.25, 0.3) is 16.7 Å². The lowest BCUT2D eigenvalue weighted by atomic mass is 10.1. The van der Waals surface area contributed by atoms with Gasteiger partial charge in [0.25, 0.3) is 11.5 Å². The zero-order chi connectivity index (χ0) is 21.3. The number of hydrogen-bond donors (Lipinski definition) is 0. The van der Waals surface area contributed by atoms with E-state index in [0.29, 0.717) is 29.9 Å². The van der Waals surface area contributed by atoms with Gasteiger partial charge in [0.05, 0.1) is 22.9 Å². The Hall–Kier alpha value is -3.74. The molecule has 0 aliphatic rings. The van der Waals surface area contributed by atoms with Crippen LogP contribution in [-0.4, -0.2) is 37.2 Å². The van der Waals surface area contributed by atoms with E-state index < -0.39 is 0 Å². The van der Waals surface area contributed by atoms with Crippen molar-refractivity contribution in [2.45, 2.75) is 26.9 Å². The van der Waals surface area contributed by atoms with E-state index in [-0.39, 0.29) is 11.5 Å². The number of aromatic nitrogens is 4. The Morgan fingerprint density at radius 2 is 1.90 bits per heavy atom. The minimum absolute atomic E-state index is 0.100. The average molecular weight is 401 g/mol. The van der Waals surface area contributed by atoms with E-state index in [1.807, 2.05) is 43.5 Å². The normalized spacial score (nSPS) is 11.0. The molecule has 0 aliphatic heterocycles. The second-order valence-corrected chi connectivity index (χ2v) is 7.24. The monoisotopic (exact) mass is 401 g/mol. The average Bonchev–Trinajstić information content (AvgIpc) is 3.23. The predicted molar refractivity (Wildman–Crippen MR) is 116 cm³/mol. The first-order valence-corrected chi connectivity index (χ1v) is 9.83. The molecule has 0 atom stereocenters. The number of benzene rings is 2. The lowest BCUT2D eigenvalue weighted by molar-refractivity contribution is 0.0785. The second kappa shape index (κ2) is 7.94. The van der Waals surface area contributed by atoms with Gasteiger partial charge in [0.15, 0.2) is 0 Å². The Bertz CT molecular complexity index is 1270. The van der Waals surface area contributed by atoms with Crippen LogP contribution in [0.2, 0.25) is 0 Å². The lowest BCUT2D eigenvalue weighted by Gasteiger charge is -2.17. The molecule has 0 aliphatic carbocycles. The van der Waals surface area contributed by atoms with Crippen LogP contribution >= 0.6 is 0 Å². The predicted octanol–water partition coefficient (Wildman–Crippen LogP) is 3.18. The number of hydrogen-bond acceptors (Lipinski definition) is 4. The summed E-state index contributed by atoms with van der Waals surface area (Å²) >= 11 is 0. The number of aryl methyl sites for hydroxylation is 2. The fourth-order valence-electron chi connectivity index (χ4n) is 3.55. The number of rotatable bonds is 5. The molecule has 0 N–H and O–H groups in total. The largest absolute Gasteiger partial charge is 0.337 e. The highest BCUT2D eigenvalue weighted by Gasteiger charge is 2.15. The Morgan fingerprint density at radius 3 is 2.63 bits per heavy atom. The number of para-hydroxylation sites is 1. The topological polar surface area (TPSA) is 73.0 Å². The van der Waals surface area contributed by atoms with Gasteiger partial charge in [0, 0.05) is 37.5 Å². The van der Waals surface area contributed by atoms with Gasteiger partial charge in [-0.1, -0.05) is 18.2 Å². The highest BCUT2D eigenvalue weighted by Crippen LogP contribution is 2.16. The highest BCUT2D eigenvalue weighted by molar-refractivity contribution is 5.97. The third-order valence-electron chi connectivity index (χ3n) is 5.10. The molecular formula is C23H23N5O2. The van der Waals surface area contributed by atoms with Crippen LogP contribution in [0, 0.1) is 6.92 Å². The Labute approximate surface area is 174 Å². The van der Waals surface area contributed by atoms with Crippen molar-refractivity contribution in [1.82, 2.24) is 24.2 Å². The van der Waals surface area contributed by atoms with Crippen LogP contribution in [0.15, 0.2) is 65.7 Å². The van der Waals surface area contributed by atoms with Crippen LogP contribution in [0.3, 0.4) is 0 Å². The molecule has 2 heterocycles. The molecule has 7 heteroatoms. The van der Waals surface area contributed by atoms with E-state index in [0.717, 1.165) is 16.8 Å². The fraction of sp³-hybridized carbons (Fsp3) is 0.217. The summed E-state index contributed by atoms with van der Waals surface area (Å²) in [6.07, 6.45) is 3.69. The van der Waals surface area contributed by atoms with Crippen molar-refractivity contribution in [1.29, 1.82) is 0 Å². The molecule has 4 aromatic rings. The van der Waals surface area contributed by atoms with E-state index in [1.165, 1.54) is 0 Å². The smallest absolute Gasteiger partial charge is 0.272 e. The molecule has 7 nitrogen and oxygen atoms in total. The standard InChI is InChI=1S/C23H23N5O2/c1-4-27-21-11-10-18(12-20(21)25-16(2)22(27)29)23(30)26(3)14-17-13-24-28(15-17)19-8-6-5-7-9-19/h5-13,15H,4,14H2,1-3H3. The SMILES string of the molecule is CCn1c(=O)c(C)nc2cc(C(=O)N(C)Cc3cnn(-c4ccccc4)c3)ccc21. The maximum absolute atomic E-state index is 13.0. The Kier molecular flexibility index (Phi) is 5.18. The van der Waals surface area contributed by atoms with Crippen LogP contribution in [0.5, 0.6) is 0 Å². The van der Waals surface area contributed by atoms with Crippen LogP contribution in [0.4, 0.5) is 0 Å². The van der Waals surface area contributed by atoms with Crippen molar-refractivity contribution in [3.8, 4) is 5.69 Å². The van der Waals surface area contributed by atoms with Gasteiger partial charge in [-0.25, -0.2) is 9.67 Å². The van der Waals surface area contributed by atoms with E-state index in [4.69, 9.17) is 0 Å². The van der Waals surface area contributed by atoms with Gasteiger partial charge in [0.2, 0.25) is 0 Å². The molecule has 152 valence electrons. The Morgan fingerprint density at radius 1 is 1.13 bits per heavy atom. The maximum atomic E-state index is 13.0.